The number of sulfone groups is 1. The van der Waals surface area contributed by atoms with E-state index in [1.54, 1.807) is 18.2 Å². The summed E-state index contributed by atoms with van der Waals surface area (Å²) in [7, 11) is -3.04. The fraction of sp³-hybridized carbons (Fsp3) is 0.278. The van der Waals surface area contributed by atoms with Crippen LogP contribution in [0.1, 0.15) is 11.6 Å². The summed E-state index contributed by atoms with van der Waals surface area (Å²) in [6.45, 7) is 0.608. The zero-order valence-corrected chi connectivity index (χ0v) is 16.2. The van der Waals surface area contributed by atoms with E-state index in [1.807, 2.05) is 35.2 Å². The van der Waals surface area contributed by atoms with Crippen molar-refractivity contribution in [2.75, 3.05) is 29.9 Å². The fourth-order valence-electron chi connectivity index (χ4n) is 2.94. The molecule has 0 aromatic heterocycles. The van der Waals surface area contributed by atoms with E-state index >= 15 is 0 Å². The Kier molecular flexibility index (Phi) is 5.87. The van der Waals surface area contributed by atoms with Gasteiger partial charge in [0, 0.05) is 18.1 Å². The van der Waals surface area contributed by atoms with Crippen molar-refractivity contribution in [3.8, 4) is 0 Å². The Balaban J connectivity index is 1.88. The lowest BCUT2D eigenvalue weighted by Gasteiger charge is -2.33. The van der Waals surface area contributed by atoms with E-state index in [4.69, 9.17) is 23.2 Å². The van der Waals surface area contributed by atoms with Gasteiger partial charge in [-0.05, 0) is 23.8 Å². The predicted molar refractivity (Wildman–Crippen MR) is 105 cm³/mol. The summed E-state index contributed by atoms with van der Waals surface area (Å²) in [5.74, 6) is -0.192. The molecule has 0 aliphatic carbocycles. The maximum absolute atomic E-state index is 13.0. The van der Waals surface area contributed by atoms with Crippen LogP contribution >= 0.6 is 23.2 Å². The molecule has 1 heterocycles. The maximum Gasteiger partial charge on any atom is 0.246 e. The van der Waals surface area contributed by atoms with Crippen molar-refractivity contribution < 1.29 is 13.2 Å². The van der Waals surface area contributed by atoms with Gasteiger partial charge in [-0.2, -0.15) is 0 Å². The molecule has 1 unspecified atom stereocenters. The number of hydrogen-bond donors (Lipinski definition) is 1. The van der Waals surface area contributed by atoms with Crippen LogP contribution in [-0.2, 0) is 14.6 Å². The van der Waals surface area contributed by atoms with Crippen molar-refractivity contribution in [3.63, 3.8) is 0 Å². The molecule has 2 aromatic carbocycles. The molecule has 8 heteroatoms. The van der Waals surface area contributed by atoms with E-state index in [2.05, 4.69) is 5.32 Å². The molecular weight excluding hydrogens is 395 g/mol. The number of carbonyl (C=O) groups excluding carboxylic acids is 1. The van der Waals surface area contributed by atoms with Crippen molar-refractivity contribution in [1.29, 1.82) is 0 Å². The zero-order valence-electron chi connectivity index (χ0n) is 13.9. The molecule has 1 fully saturated rings. The third kappa shape index (κ3) is 4.57. The second kappa shape index (κ2) is 7.96. The lowest BCUT2D eigenvalue weighted by Crippen LogP contribution is -2.46. The minimum absolute atomic E-state index is 0.0432. The monoisotopic (exact) mass is 412 g/mol. The number of nitrogens with one attached hydrogen (secondary N) is 1. The van der Waals surface area contributed by atoms with Crippen LogP contribution in [0.4, 0.5) is 5.69 Å². The molecule has 5 nitrogen and oxygen atoms in total. The van der Waals surface area contributed by atoms with Gasteiger partial charge in [-0.3, -0.25) is 9.69 Å². The first-order chi connectivity index (χ1) is 12.4. The van der Waals surface area contributed by atoms with Crippen molar-refractivity contribution >= 4 is 44.6 Å². The number of halogens is 2. The highest BCUT2D eigenvalue weighted by atomic mass is 35.5. The van der Waals surface area contributed by atoms with Gasteiger partial charge < -0.3 is 5.32 Å². The van der Waals surface area contributed by atoms with Gasteiger partial charge in [0.25, 0.3) is 0 Å². The van der Waals surface area contributed by atoms with Gasteiger partial charge in [0.15, 0.2) is 9.84 Å². The van der Waals surface area contributed by atoms with E-state index in [9.17, 15) is 13.2 Å². The minimum Gasteiger partial charge on any atom is -0.323 e. The summed E-state index contributed by atoms with van der Waals surface area (Å²) >= 11 is 12.1. The third-order valence-electron chi connectivity index (χ3n) is 4.29. The van der Waals surface area contributed by atoms with Crippen LogP contribution in [0.25, 0.3) is 0 Å². The van der Waals surface area contributed by atoms with Crippen LogP contribution in [0.2, 0.25) is 10.0 Å². The second-order valence-electron chi connectivity index (χ2n) is 6.11. The Bertz CT molecular complexity index is 890. The molecule has 26 heavy (non-hydrogen) atoms. The Morgan fingerprint density at radius 1 is 1.04 bits per heavy atom. The van der Waals surface area contributed by atoms with Gasteiger partial charge >= 0.3 is 0 Å². The summed E-state index contributed by atoms with van der Waals surface area (Å²) in [5.41, 5.74) is 1.22. The van der Waals surface area contributed by atoms with Crippen LogP contribution in [-0.4, -0.2) is 43.8 Å². The topological polar surface area (TPSA) is 66.5 Å². The normalized spacial score (nSPS) is 18.2. The quantitative estimate of drug-likeness (QED) is 0.835. The molecule has 1 amide bonds. The summed E-state index contributed by atoms with van der Waals surface area (Å²) in [6.07, 6.45) is 0. The highest BCUT2D eigenvalue weighted by molar-refractivity contribution is 7.91. The van der Waals surface area contributed by atoms with Crippen molar-refractivity contribution in [2.45, 2.75) is 6.04 Å². The first-order valence-electron chi connectivity index (χ1n) is 8.11. The van der Waals surface area contributed by atoms with Gasteiger partial charge in [-0.1, -0.05) is 53.5 Å². The minimum atomic E-state index is -3.04. The Hall–Kier alpha value is -1.60. The average molecular weight is 413 g/mol. The number of benzene rings is 2. The highest BCUT2D eigenvalue weighted by Gasteiger charge is 2.32. The molecule has 1 aliphatic rings. The molecule has 0 saturated carbocycles. The van der Waals surface area contributed by atoms with Gasteiger partial charge in [-0.25, -0.2) is 8.42 Å². The summed E-state index contributed by atoms with van der Waals surface area (Å²) in [4.78, 5) is 14.9. The average Bonchev–Trinajstić information content (AvgIpc) is 2.61. The van der Waals surface area contributed by atoms with E-state index in [-0.39, 0.29) is 17.4 Å². The summed E-state index contributed by atoms with van der Waals surface area (Å²) < 4.78 is 23.5. The molecule has 0 spiro atoms. The van der Waals surface area contributed by atoms with Crippen LogP contribution in [0.15, 0.2) is 48.5 Å². The lowest BCUT2D eigenvalue weighted by molar-refractivity contribution is -0.121. The smallest absolute Gasteiger partial charge is 0.246 e. The van der Waals surface area contributed by atoms with Crippen molar-refractivity contribution in [2.24, 2.45) is 0 Å². The van der Waals surface area contributed by atoms with E-state index < -0.39 is 15.9 Å². The molecule has 2 aromatic rings. The Morgan fingerprint density at radius 2 is 1.69 bits per heavy atom. The molecule has 0 bridgehead atoms. The first kappa shape index (κ1) is 19.2. The number of nitrogens with zero attached hydrogens (tertiary/aromatic N) is 1. The van der Waals surface area contributed by atoms with Crippen molar-refractivity contribution in [3.05, 3.63) is 64.1 Å². The fourth-order valence-corrected chi connectivity index (χ4v) is 4.51. The molecule has 1 atom stereocenters. The van der Waals surface area contributed by atoms with Gasteiger partial charge in [-0.15, -0.1) is 0 Å². The zero-order chi connectivity index (χ0) is 18.7. The van der Waals surface area contributed by atoms with Crippen LogP contribution in [0.5, 0.6) is 0 Å². The van der Waals surface area contributed by atoms with Crippen LogP contribution in [0.3, 0.4) is 0 Å². The van der Waals surface area contributed by atoms with Crippen LogP contribution in [0, 0.1) is 0 Å². The summed E-state index contributed by atoms with van der Waals surface area (Å²) in [5, 5.41) is 3.67. The number of amides is 1. The van der Waals surface area contributed by atoms with Gasteiger partial charge in [0.2, 0.25) is 5.91 Å². The molecule has 1 aliphatic heterocycles. The first-order valence-corrected chi connectivity index (χ1v) is 10.7. The van der Waals surface area contributed by atoms with Crippen molar-refractivity contribution in [1.82, 2.24) is 4.90 Å². The number of rotatable bonds is 4. The third-order valence-corrected chi connectivity index (χ3v) is 6.47. The largest absolute Gasteiger partial charge is 0.323 e. The lowest BCUT2D eigenvalue weighted by atomic mass is 10.0. The van der Waals surface area contributed by atoms with E-state index in [0.29, 0.717) is 28.8 Å². The van der Waals surface area contributed by atoms with E-state index in [1.165, 1.54) is 0 Å². The molecule has 1 saturated heterocycles. The Labute approximate surface area is 162 Å². The number of carbonyl (C=O) groups is 1. The highest BCUT2D eigenvalue weighted by Crippen LogP contribution is 2.29. The molecule has 138 valence electrons. The molecule has 3 rings (SSSR count). The SMILES string of the molecule is O=C(Nc1cc(Cl)ccc1Cl)C(c1ccccc1)N1CCS(=O)(=O)CC1. The van der Waals surface area contributed by atoms with E-state index in [0.717, 1.165) is 5.56 Å². The number of anilines is 1. The maximum atomic E-state index is 13.0. The summed E-state index contributed by atoms with van der Waals surface area (Å²) in [6, 6.07) is 13.5. The Morgan fingerprint density at radius 3 is 2.35 bits per heavy atom. The molecule has 1 N–H and O–H groups in total. The predicted octanol–water partition coefficient (Wildman–Crippen LogP) is 3.40. The molecule has 0 radical (unpaired) electrons. The number of hydrogen-bond acceptors (Lipinski definition) is 4. The molecular formula is C18H18Cl2N2O3S. The van der Waals surface area contributed by atoms with Gasteiger partial charge in [0.05, 0.1) is 22.2 Å². The van der Waals surface area contributed by atoms with Gasteiger partial charge in [0.1, 0.15) is 6.04 Å². The second-order valence-corrected chi connectivity index (χ2v) is 9.26. The standard InChI is InChI=1S/C18H18Cl2N2O3S/c19-14-6-7-15(20)16(12-14)21-18(23)17(13-4-2-1-3-5-13)22-8-10-26(24,25)11-9-22/h1-7,12,17H,8-11H2,(H,21,23). The van der Waals surface area contributed by atoms with Crippen LogP contribution < -0.4 is 5.32 Å².